The quantitative estimate of drug-likeness (QED) is 0.584. The van der Waals surface area contributed by atoms with Gasteiger partial charge >= 0.3 is 5.69 Å². The largest absolute Gasteiger partial charge is 0.373 e. The van der Waals surface area contributed by atoms with Crippen molar-refractivity contribution in [3.8, 4) is 0 Å². The fourth-order valence-corrected chi connectivity index (χ4v) is 2.12. The molecule has 1 aromatic rings. The van der Waals surface area contributed by atoms with Gasteiger partial charge in [-0.15, -0.1) is 0 Å². The van der Waals surface area contributed by atoms with Crippen molar-refractivity contribution < 1.29 is 4.92 Å². The fourth-order valence-electron chi connectivity index (χ4n) is 2.12. The van der Waals surface area contributed by atoms with Gasteiger partial charge in [0, 0.05) is 19.2 Å². The molecule has 0 spiro atoms. The zero-order chi connectivity index (χ0) is 13.8. The summed E-state index contributed by atoms with van der Waals surface area (Å²) in [4.78, 5) is 14.9. The van der Waals surface area contributed by atoms with E-state index in [2.05, 4.69) is 22.5 Å². The number of anilines is 2. The molecular weight excluding hydrogens is 244 g/mol. The molecule has 1 atom stereocenters. The summed E-state index contributed by atoms with van der Waals surface area (Å²) in [5.74, 6) is 1.78. The van der Waals surface area contributed by atoms with Crippen LogP contribution in [-0.4, -0.2) is 23.0 Å². The Morgan fingerprint density at radius 1 is 1.53 bits per heavy atom. The van der Waals surface area contributed by atoms with E-state index >= 15 is 0 Å². The van der Waals surface area contributed by atoms with Crippen LogP contribution in [0.3, 0.4) is 0 Å². The summed E-state index contributed by atoms with van der Waals surface area (Å²) in [6.07, 6.45) is 4.58. The van der Waals surface area contributed by atoms with Crippen molar-refractivity contribution in [1.29, 1.82) is 0 Å². The standard InChI is InChI=1S/C13H20N4O2/c1-3-10(8-9-4-5-9)15-13-11(17(18)19)6-7-12(14-2)16-13/h6-7,9-10H,3-5,8H2,1-2H3,(H2,14,15,16). The maximum atomic E-state index is 11.0. The van der Waals surface area contributed by atoms with Gasteiger partial charge in [0.05, 0.1) is 4.92 Å². The van der Waals surface area contributed by atoms with Crippen molar-refractivity contribution in [1.82, 2.24) is 4.98 Å². The summed E-state index contributed by atoms with van der Waals surface area (Å²) < 4.78 is 0. The molecule has 0 radical (unpaired) electrons. The molecule has 1 aliphatic carbocycles. The third kappa shape index (κ3) is 3.56. The lowest BCUT2D eigenvalue weighted by molar-refractivity contribution is -0.384. The first-order valence-electron chi connectivity index (χ1n) is 6.73. The van der Waals surface area contributed by atoms with E-state index in [1.165, 1.54) is 18.9 Å². The van der Waals surface area contributed by atoms with Gasteiger partial charge in [-0.1, -0.05) is 19.8 Å². The molecule has 2 rings (SSSR count). The Kier molecular flexibility index (Phi) is 4.19. The number of rotatable bonds is 7. The number of hydrogen-bond acceptors (Lipinski definition) is 5. The van der Waals surface area contributed by atoms with Gasteiger partial charge in [-0.25, -0.2) is 4.98 Å². The molecule has 0 saturated heterocycles. The molecule has 1 unspecified atom stereocenters. The number of hydrogen-bond donors (Lipinski definition) is 2. The molecular formula is C13H20N4O2. The highest BCUT2D eigenvalue weighted by atomic mass is 16.6. The van der Waals surface area contributed by atoms with Crippen LogP contribution < -0.4 is 10.6 Å². The van der Waals surface area contributed by atoms with E-state index in [1.54, 1.807) is 13.1 Å². The van der Waals surface area contributed by atoms with Crippen molar-refractivity contribution in [3.63, 3.8) is 0 Å². The Hall–Kier alpha value is -1.85. The first-order chi connectivity index (χ1) is 9.13. The van der Waals surface area contributed by atoms with Crippen LogP contribution in [0, 0.1) is 16.0 Å². The van der Waals surface area contributed by atoms with E-state index < -0.39 is 4.92 Å². The molecule has 0 bridgehead atoms. The lowest BCUT2D eigenvalue weighted by atomic mass is 10.1. The number of nitrogens with zero attached hydrogens (tertiary/aromatic N) is 2. The Balaban J connectivity index is 2.16. The first-order valence-corrected chi connectivity index (χ1v) is 6.73. The molecule has 6 nitrogen and oxygen atoms in total. The normalized spacial score (nSPS) is 15.9. The topological polar surface area (TPSA) is 80.1 Å². The van der Waals surface area contributed by atoms with Crippen LogP contribution in [0.2, 0.25) is 0 Å². The Morgan fingerprint density at radius 2 is 2.26 bits per heavy atom. The highest BCUT2D eigenvalue weighted by Crippen LogP contribution is 2.35. The van der Waals surface area contributed by atoms with Crippen molar-refractivity contribution in [2.24, 2.45) is 5.92 Å². The highest BCUT2D eigenvalue weighted by molar-refractivity contribution is 5.60. The Labute approximate surface area is 112 Å². The van der Waals surface area contributed by atoms with Crippen molar-refractivity contribution in [2.45, 2.75) is 38.6 Å². The molecule has 1 fully saturated rings. The van der Waals surface area contributed by atoms with E-state index in [0.717, 1.165) is 18.8 Å². The van der Waals surface area contributed by atoms with Gasteiger partial charge in [0.25, 0.3) is 0 Å². The third-order valence-corrected chi connectivity index (χ3v) is 3.48. The Morgan fingerprint density at radius 3 is 2.79 bits per heavy atom. The predicted molar refractivity (Wildman–Crippen MR) is 75.5 cm³/mol. The van der Waals surface area contributed by atoms with E-state index in [9.17, 15) is 10.1 Å². The molecule has 0 amide bonds. The average molecular weight is 264 g/mol. The molecule has 2 N–H and O–H groups in total. The van der Waals surface area contributed by atoms with Crippen molar-refractivity contribution in [2.75, 3.05) is 17.7 Å². The zero-order valence-electron chi connectivity index (χ0n) is 11.3. The van der Waals surface area contributed by atoms with Crippen LogP contribution in [0.5, 0.6) is 0 Å². The minimum Gasteiger partial charge on any atom is -0.373 e. The summed E-state index contributed by atoms with van der Waals surface area (Å²) in [6.45, 7) is 2.09. The maximum Gasteiger partial charge on any atom is 0.311 e. The van der Waals surface area contributed by atoms with Crippen molar-refractivity contribution >= 4 is 17.3 Å². The smallest absolute Gasteiger partial charge is 0.311 e. The van der Waals surface area contributed by atoms with Crippen LogP contribution in [-0.2, 0) is 0 Å². The molecule has 6 heteroatoms. The van der Waals surface area contributed by atoms with Gasteiger partial charge < -0.3 is 10.6 Å². The second kappa shape index (κ2) is 5.86. The lowest BCUT2D eigenvalue weighted by Crippen LogP contribution is -2.20. The van der Waals surface area contributed by atoms with Gasteiger partial charge in [0.2, 0.25) is 5.82 Å². The van der Waals surface area contributed by atoms with E-state index in [1.807, 2.05) is 0 Å². The SMILES string of the molecule is CCC(CC1CC1)Nc1nc(NC)ccc1[N+](=O)[O-]. The molecule has 1 aliphatic rings. The zero-order valence-corrected chi connectivity index (χ0v) is 11.3. The molecule has 1 saturated carbocycles. The lowest BCUT2D eigenvalue weighted by Gasteiger charge is -2.17. The summed E-state index contributed by atoms with van der Waals surface area (Å²) in [5, 5.41) is 17.2. The first kappa shape index (κ1) is 13.6. The minimum absolute atomic E-state index is 0.0354. The molecule has 0 aliphatic heterocycles. The average Bonchev–Trinajstić information content (AvgIpc) is 3.21. The van der Waals surface area contributed by atoms with Gasteiger partial charge in [0.1, 0.15) is 5.82 Å². The van der Waals surface area contributed by atoms with E-state index in [-0.39, 0.29) is 11.7 Å². The number of nitro groups is 1. The predicted octanol–water partition coefficient (Wildman–Crippen LogP) is 3.02. The van der Waals surface area contributed by atoms with Crippen LogP contribution in [0.1, 0.15) is 32.6 Å². The summed E-state index contributed by atoms with van der Waals surface area (Å²) in [6, 6.07) is 3.36. The molecule has 0 aromatic carbocycles. The third-order valence-electron chi connectivity index (χ3n) is 3.48. The van der Waals surface area contributed by atoms with Gasteiger partial charge in [-0.2, -0.15) is 0 Å². The number of aromatic nitrogens is 1. The number of pyridine rings is 1. The molecule has 19 heavy (non-hydrogen) atoms. The second-order valence-corrected chi connectivity index (χ2v) is 5.00. The monoisotopic (exact) mass is 264 g/mol. The van der Waals surface area contributed by atoms with Crippen LogP contribution in [0.15, 0.2) is 12.1 Å². The van der Waals surface area contributed by atoms with Gasteiger partial charge in [-0.3, -0.25) is 10.1 Å². The van der Waals surface area contributed by atoms with Gasteiger partial charge in [0.15, 0.2) is 0 Å². The van der Waals surface area contributed by atoms with E-state index in [4.69, 9.17) is 0 Å². The minimum atomic E-state index is -0.390. The second-order valence-electron chi connectivity index (χ2n) is 5.00. The van der Waals surface area contributed by atoms with Crippen LogP contribution in [0.25, 0.3) is 0 Å². The Bertz CT molecular complexity index is 460. The van der Waals surface area contributed by atoms with Gasteiger partial charge in [-0.05, 0) is 24.8 Å². The highest BCUT2D eigenvalue weighted by Gasteiger charge is 2.26. The molecule has 1 aromatic heterocycles. The fraction of sp³-hybridized carbons (Fsp3) is 0.615. The summed E-state index contributed by atoms with van der Waals surface area (Å²) in [7, 11) is 1.75. The van der Waals surface area contributed by atoms with Crippen molar-refractivity contribution in [3.05, 3.63) is 22.2 Å². The molecule has 104 valence electrons. The van der Waals surface area contributed by atoms with E-state index in [0.29, 0.717) is 11.6 Å². The molecule has 1 heterocycles. The summed E-state index contributed by atoms with van der Waals surface area (Å²) in [5.41, 5.74) is 0.0354. The summed E-state index contributed by atoms with van der Waals surface area (Å²) >= 11 is 0. The van der Waals surface area contributed by atoms with Crippen LogP contribution in [0.4, 0.5) is 17.3 Å². The maximum absolute atomic E-state index is 11.0. The number of nitrogens with one attached hydrogen (secondary N) is 2. The van der Waals surface area contributed by atoms with Crippen LogP contribution >= 0.6 is 0 Å².